The van der Waals surface area contributed by atoms with Crippen LogP contribution in [0.4, 0.5) is 4.79 Å². The molecule has 2 aromatic carbocycles. The molecule has 0 saturated carbocycles. The summed E-state index contributed by atoms with van der Waals surface area (Å²) in [5, 5.41) is 4.23. The predicted octanol–water partition coefficient (Wildman–Crippen LogP) is 3.91. The van der Waals surface area contributed by atoms with Crippen molar-refractivity contribution in [1.29, 1.82) is 0 Å². The lowest BCUT2D eigenvalue weighted by Crippen LogP contribution is -2.39. The fourth-order valence-electron chi connectivity index (χ4n) is 2.15. The molecule has 0 aliphatic heterocycles. The van der Waals surface area contributed by atoms with E-state index < -0.39 is 0 Å². The van der Waals surface area contributed by atoms with Gasteiger partial charge in [-0.05, 0) is 17.5 Å². The number of hydroxylamine groups is 2. The van der Waals surface area contributed by atoms with Crippen LogP contribution < -0.4 is 5.32 Å². The third kappa shape index (κ3) is 4.60. The van der Waals surface area contributed by atoms with Crippen molar-refractivity contribution in [2.24, 2.45) is 0 Å². The highest BCUT2D eigenvalue weighted by atomic mass is 16.7. The molecular weight excluding hydrogens is 276 g/mol. The average molecular weight is 298 g/mol. The minimum absolute atomic E-state index is 0.0172. The Hall–Kier alpha value is -2.33. The lowest BCUT2D eigenvalue weighted by atomic mass is 10.1. The zero-order valence-corrected chi connectivity index (χ0v) is 13.0. The number of carbonyl (C=O) groups excluding carboxylic acids is 1. The lowest BCUT2D eigenvalue weighted by molar-refractivity contribution is -0.110. The van der Waals surface area contributed by atoms with Crippen molar-refractivity contribution in [3.05, 3.63) is 71.8 Å². The second kappa shape index (κ2) is 8.20. The van der Waals surface area contributed by atoms with Crippen LogP contribution in [0.5, 0.6) is 0 Å². The van der Waals surface area contributed by atoms with Gasteiger partial charge in [0.15, 0.2) is 0 Å². The van der Waals surface area contributed by atoms with Crippen LogP contribution in [0, 0.1) is 0 Å². The number of carbonyl (C=O) groups is 1. The van der Waals surface area contributed by atoms with E-state index in [0.717, 1.165) is 17.5 Å². The maximum atomic E-state index is 12.2. The summed E-state index contributed by atoms with van der Waals surface area (Å²) in [5.41, 5.74) is 2.12. The summed E-state index contributed by atoms with van der Waals surface area (Å²) in [7, 11) is 1.62. The molecule has 1 atom stereocenters. The fraction of sp³-hybridized carbons (Fsp3) is 0.278. The minimum atomic E-state index is -0.244. The summed E-state index contributed by atoms with van der Waals surface area (Å²) < 4.78 is 0. The van der Waals surface area contributed by atoms with Crippen LogP contribution in [0.1, 0.15) is 30.5 Å². The molecule has 2 aromatic rings. The third-order valence-electron chi connectivity index (χ3n) is 3.46. The maximum Gasteiger partial charge on any atom is 0.341 e. The molecule has 1 unspecified atom stereocenters. The Morgan fingerprint density at radius 2 is 1.68 bits per heavy atom. The van der Waals surface area contributed by atoms with Crippen molar-refractivity contribution in [1.82, 2.24) is 10.4 Å². The summed E-state index contributed by atoms with van der Waals surface area (Å²) in [4.78, 5) is 17.7. The van der Waals surface area contributed by atoms with Gasteiger partial charge in [0.2, 0.25) is 0 Å². The number of urea groups is 1. The average Bonchev–Trinajstić information content (AvgIpc) is 2.59. The van der Waals surface area contributed by atoms with Gasteiger partial charge in [-0.3, -0.25) is 4.84 Å². The highest BCUT2D eigenvalue weighted by molar-refractivity contribution is 5.73. The molecule has 0 spiro atoms. The lowest BCUT2D eigenvalue weighted by Gasteiger charge is -2.22. The highest BCUT2D eigenvalue weighted by Gasteiger charge is 2.16. The Morgan fingerprint density at radius 3 is 2.27 bits per heavy atom. The zero-order chi connectivity index (χ0) is 15.8. The van der Waals surface area contributed by atoms with Gasteiger partial charge >= 0.3 is 6.03 Å². The van der Waals surface area contributed by atoms with Crippen molar-refractivity contribution in [3.8, 4) is 0 Å². The van der Waals surface area contributed by atoms with Gasteiger partial charge in [0.1, 0.15) is 6.61 Å². The molecule has 4 nitrogen and oxygen atoms in total. The monoisotopic (exact) mass is 298 g/mol. The summed E-state index contributed by atoms with van der Waals surface area (Å²) in [6, 6.07) is 19.4. The molecule has 2 amide bonds. The summed E-state index contributed by atoms with van der Waals surface area (Å²) in [6.07, 6.45) is 0.822. The van der Waals surface area contributed by atoms with E-state index in [0.29, 0.717) is 6.61 Å². The van der Waals surface area contributed by atoms with Crippen molar-refractivity contribution in [3.63, 3.8) is 0 Å². The maximum absolute atomic E-state index is 12.2. The van der Waals surface area contributed by atoms with Crippen molar-refractivity contribution < 1.29 is 9.63 Å². The molecule has 0 saturated heterocycles. The van der Waals surface area contributed by atoms with E-state index in [9.17, 15) is 4.79 Å². The van der Waals surface area contributed by atoms with Gasteiger partial charge in [0, 0.05) is 7.05 Å². The van der Waals surface area contributed by atoms with Gasteiger partial charge in [-0.25, -0.2) is 9.86 Å². The van der Waals surface area contributed by atoms with Crippen LogP contribution in [0.25, 0.3) is 0 Å². The molecule has 0 fully saturated rings. The normalized spacial score (nSPS) is 11.7. The van der Waals surface area contributed by atoms with E-state index >= 15 is 0 Å². The van der Waals surface area contributed by atoms with Gasteiger partial charge in [-0.1, -0.05) is 67.6 Å². The van der Waals surface area contributed by atoms with E-state index in [-0.39, 0.29) is 12.1 Å². The molecule has 0 radical (unpaired) electrons. The van der Waals surface area contributed by atoms with Crippen LogP contribution in [0.2, 0.25) is 0 Å². The second-order valence-electron chi connectivity index (χ2n) is 5.08. The first-order valence-corrected chi connectivity index (χ1v) is 7.46. The molecule has 0 aliphatic carbocycles. The molecule has 0 heterocycles. The quantitative estimate of drug-likeness (QED) is 0.821. The van der Waals surface area contributed by atoms with Crippen LogP contribution in [-0.2, 0) is 11.4 Å². The molecule has 0 aliphatic rings. The summed E-state index contributed by atoms with van der Waals surface area (Å²) in [5.74, 6) is 0. The molecule has 1 N–H and O–H groups in total. The molecule has 0 aromatic heterocycles. The summed E-state index contributed by atoms with van der Waals surface area (Å²) in [6.45, 7) is 2.41. The standard InChI is InChI=1S/C18H22N2O2/c1-3-17(16-12-8-5-9-13-16)19-18(21)20(2)22-14-15-10-6-4-7-11-15/h4-13,17H,3,14H2,1-2H3,(H,19,21). The zero-order valence-electron chi connectivity index (χ0n) is 13.0. The molecule has 116 valence electrons. The van der Waals surface area contributed by atoms with Gasteiger partial charge < -0.3 is 5.32 Å². The fourth-order valence-corrected chi connectivity index (χ4v) is 2.15. The van der Waals surface area contributed by atoms with Gasteiger partial charge in [0.05, 0.1) is 6.04 Å². The van der Waals surface area contributed by atoms with Crippen LogP contribution in [0.3, 0.4) is 0 Å². The largest absolute Gasteiger partial charge is 0.341 e. The first-order chi connectivity index (χ1) is 10.7. The number of hydrogen-bond acceptors (Lipinski definition) is 2. The van der Waals surface area contributed by atoms with Crippen LogP contribution in [0.15, 0.2) is 60.7 Å². The van der Waals surface area contributed by atoms with E-state index in [2.05, 4.69) is 5.32 Å². The number of hydrogen-bond donors (Lipinski definition) is 1. The molecular formula is C18H22N2O2. The predicted molar refractivity (Wildman–Crippen MR) is 87.0 cm³/mol. The van der Waals surface area contributed by atoms with E-state index in [4.69, 9.17) is 4.84 Å². The molecule has 4 heteroatoms. The van der Waals surface area contributed by atoms with Gasteiger partial charge in [-0.2, -0.15) is 0 Å². The SMILES string of the molecule is CCC(NC(=O)N(C)OCc1ccccc1)c1ccccc1. The van der Waals surface area contributed by atoms with E-state index in [1.54, 1.807) is 7.05 Å². The number of rotatable bonds is 6. The third-order valence-corrected chi connectivity index (χ3v) is 3.46. The Labute approximate surface area is 131 Å². The van der Waals surface area contributed by atoms with Crippen molar-refractivity contribution in [2.75, 3.05) is 7.05 Å². The number of amides is 2. The topological polar surface area (TPSA) is 41.6 Å². The number of benzene rings is 2. The van der Waals surface area contributed by atoms with Crippen LogP contribution in [-0.4, -0.2) is 18.1 Å². The van der Waals surface area contributed by atoms with E-state index in [1.807, 2.05) is 67.6 Å². The number of nitrogens with one attached hydrogen (secondary N) is 1. The Bertz CT molecular complexity index is 572. The van der Waals surface area contributed by atoms with Gasteiger partial charge in [0.25, 0.3) is 0 Å². The molecule has 22 heavy (non-hydrogen) atoms. The van der Waals surface area contributed by atoms with Crippen molar-refractivity contribution in [2.45, 2.75) is 26.0 Å². The first-order valence-electron chi connectivity index (χ1n) is 7.46. The Kier molecular flexibility index (Phi) is 5.98. The number of nitrogens with zero attached hydrogens (tertiary/aromatic N) is 1. The highest BCUT2D eigenvalue weighted by Crippen LogP contribution is 2.16. The Balaban J connectivity index is 1.87. The molecule has 0 bridgehead atoms. The van der Waals surface area contributed by atoms with Crippen molar-refractivity contribution >= 4 is 6.03 Å². The minimum Gasteiger partial charge on any atom is -0.329 e. The van der Waals surface area contributed by atoms with Crippen LogP contribution >= 0.6 is 0 Å². The Morgan fingerprint density at radius 1 is 1.09 bits per heavy atom. The summed E-state index contributed by atoms with van der Waals surface area (Å²) >= 11 is 0. The smallest absolute Gasteiger partial charge is 0.329 e. The second-order valence-corrected chi connectivity index (χ2v) is 5.08. The van der Waals surface area contributed by atoms with Gasteiger partial charge in [-0.15, -0.1) is 0 Å². The van der Waals surface area contributed by atoms with E-state index in [1.165, 1.54) is 5.06 Å². The molecule has 2 rings (SSSR count). The first kappa shape index (κ1) is 16.0.